The van der Waals surface area contributed by atoms with Gasteiger partial charge in [-0.15, -0.1) is 34.0 Å². The van der Waals surface area contributed by atoms with Crippen LogP contribution in [-0.2, 0) is 12.8 Å². The molecule has 11 heteroatoms. The Morgan fingerprint density at radius 1 is 0.346 bits per heavy atom. The topological polar surface area (TPSA) is 70.0 Å². The van der Waals surface area contributed by atoms with Gasteiger partial charge in [-0.05, 0) is 112 Å². The van der Waals surface area contributed by atoms with Crippen LogP contribution in [0.15, 0.2) is 24.3 Å². The van der Waals surface area contributed by atoms with Gasteiger partial charge in [-0.2, -0.15) is 17.5 Å². The number of rotatable bonds is 41. The molecular weight excluding hydrogens is 1090 g/mol. The van der Waals surface area contributed by atoms with E-state index in [1.54, 1.807) is 11.1 Å². The van der Waals surface area contributed by atoms with Crippen LogP contribution in [-0.4, -0.2) is 30.7 Å². The van der Waals surface area contributed by atoms with E-state index in [1.807, 2.05) is 34.0 Å². The number of hydrogen-bond donors (Lipinski definition) is 0. The van der Waals surface area contributed by atoms with E-state index in [0.29, 0.717) is 13.2 Å². The average Bonchev–Trinajstić information content (AvgIpc) is 4.56. The highest BCUT2D eigenvalue weighted by Gasteiger charge is 2.29. The summed E-state index contributed by atoms with van der Waals surface area (Å²) in [7, 11) is 0. The van der Waals surface area contributed by atoms with Crippen LogP contribution >= 0.6 is 57.5 Å². The van der Waals surface area contributed by atoms with E-state index in [1.165, 1.54) is 257 Å². The lowest BCUT2D eigenvalue weighted by molar-refractivity contribution is 0.301. The maximum atomic E-state index is 7.22. The second-order valence-corrected chi connectivity index (χ2v) is 28.2. The van der Waals surface area contributed by atoms with E-state index >= 15 is 0 Å². The Balaban J connectivity index is 1.16. The fourth-order valence-corrected chi connectivity index (χ4v) is 17.4. The molecule has 0 fully saturated rings. The predicted molar refractivity (Wildman–Crippen MR) is 361 cm³/mol. The smallest absolute Gasteiger partial charge is 0.133 e. The number of thiophene rings is 3. The maximum absolute atomic E-state index is 7.22. The SMILES string of the molecule is CCCCCCCCCCCCc1c2cc(-c3c(C)c(OCCCCCCCC)c(-c4ccc(-c5c(C)c(OCCCCCCCC)c(C)c6nsnc56)s4)c4nsnc34)sc2c(CCCCCCCCCCCC)c2cc(C)sc12. The summed E-state index contributed by atoms with van der Waals surface area (Å²) in [6, 6.07) is 9.70. The minimum absolute atomic E-state index is 0.677. The number of hydrogen-bond acceptors (Lipinski definition) is 11. The second kappa shape index (κ2) is 33.9. The highest BCUT2D eigenvalue weighted by molar-refractivity contribution is 7.23. The van der Waals surface area contributed by atoms with Crippen LogP contribution < -0.4 is 9.47 Å². The van der Waals surface area contributed by atoms with Crippen molar-refractivity contribution in [2.75, 3.05) is 13.2 Å². The molecular formula is C70H100N4O2S5. The quantitative estimate of drug-likeness (QED) is 0.0356. The molecule has 3 aromatic carbocycles. The minimum Gasteiger partial charge on any atom is -0.493 e. The van der Waals surface area contributed by atoms with Crippen molar-refractivity contribution >= 4 is 99.7 Å². The fraction of sp³-hybridized carbons (Fsp3) is 0.629. The van der Waals surface area contributed by atoms with Crippen LogP contribution in [0.4, 0.5) is 0 Å². The second-order valence-electron chi connectivity index (χ2n) is 23.8. The summed E-state index contributed by atoms with van der Waals surface area (Å²) < 4.78 is 37.2. The molecule has 0 amide bonds. The van der Waals surface area contributed by atoms with E-state index in [9.17, 15) is 0 Å². The third-order valence-corrected chi connectivity index (χ3v) is 21.7. The number of aromatic nitrogens is 4. The number of fused-ring (bicyclic) bond motifs is 4. The molecule has 0 saturated carbocycles. The molecule has 5 aromatic heterocycles. The van der Waals surface area contributed by atoms with Crippen molar-refractivity contribution in [2.45, 2.75) is 274 Å². The molecule has 0 aliphatic rings. The first kappa shape index (κ1) is 63.5. The predicted octanol–water partition coefficient (Wildman–Crippen LogP) is 24.8. The van der Waals surface area contributed by atoms with Crippen molar-refractivity contribution in [1.29, 1.82) is 0 Å². The van der Waals surface area contributed by atoms with Crippen LogP contribution in [0.25, 0.3) is 73.6 Å². The Hall–Kier alpha value is -3.48. The van der Waals surface area contributed by atoms with Gasteiger partial charge in [0.15, 0.2) is 0 Å². The van der Waals surface area contributed by atoms with Gasteiger partial charge in [0.1, 0.15) is 33.6 Å². The molecule has 442 valence electrons. The Kier molecular flexibility index (Phi) is 26.6. The van der Waals surface area contributed by atoms with Gasteiger partial charge in [-0.25, -0.2) is 0 Å². The molecule has 0 bridgehead atoms. The number of ether oxygens (including phenoxy) is 2. The van der Waals surface area contributed by atoms with Gasteiger partial charge in [-0.3, -0.25) is 0 Å². The van der Waals surface area contributed by atoms with Gasteiger partial charge in [0.2, 0.25) is 0 Å². The Morgan fingerprint density at radius 3 is 1.22 bits per heavy atom. The Morgan fingerprint density at radius 2 is 0.716 bits per heavy atom. The number of benzene rings is 3. The molecule has 0 spiro atoms. The first-order valence-corrected chi connectivity index (χ1v) is 36.6. The van der Waals surface area contributed by atoms with Gasteiger partial charge < -0.3 is 9.47 Å². The minimum atomic E-state index is 0.677. The van der Waals surface area contributed by atoms with Gasteiger partial charge in [0.05, 0.1) is 42.2 Å². The summed E-state index contributed by atoms with van der Waals surface area (Å²) in [5, 5.41) is 3.00. The molecule has 5 heterocycles. The van der Waals surface area contributed by atoms with Crippen LogP contribution in [0.2, 0.25) is 0 Å². The summed E-state index contributed by atoms with van der Waals surface area (Å²) in [5.74, 6) is 1.92. The highest BCUT2D eigenvalue weighted by atomic mass is 32.1. The summed E-state index contributed by atoms with van der Waals surface area (Å²) in [4.78, 5) is 5.04. The molecule has 8 rings (SSSR count). The highest BCUT2D eigenvalue weighted by Crippen LogP contribution is 2.53. The van der Waals surface area contributed by atoms with Gasteiger partial charge in [0.25, 0.3) is 0 Å². The fourth-order valence-electron chi connectivity index (χ4n) is 12.6. The molecule has 0 radical (unpaired) electrons. The normalized spacial score (nSPS) is 12.0. The largest absolute Gasteiger partial charge is 0.493 e. The van der Waals surface area contributed by atoms with Crippen molar-refractivity contribution in [3.8, 4) is 42.8 Å². The standard InChI is InChI=1S/C70H100N4O2S5/c1-9-13-17-21-25-27-29-31-33-37-41-53-55-47-49(5)77-69(55)54(42-38-34-32-30-28-26-22-18-14-10-2)56-48-59(79-70(53)56)61-51(7)68(76-46-40-36-24-20-16-12-4)62(66-65(61)73-81-74-66)58-44-43-57(78-58)60-50(6)67(52(8)63-64(60)72-80-71-63)75-45-39-35-23-19-15-11-3/h43-44,47-48H,9-42,45-46H2,1-8H3. The molecule has 8 aromatic rings. The molecule has 0 atom stereocenters. The lowest BCUT2D eigenvalue weighted by Gasteiger charge is -2.18. The van der Waals surface area contributed by atoms with Crippen LogP contribution in [0, 0.1) is 27.7 Å². The zero-order chi connectivity index (χ0) is 56.8. The summed E-state index contributed by atoms with van der Waals surface area (Å²) in [6.07, 6.45) is 44.1. The van der Waals surface area contributed by atoms with Crippen molar-refractivity contribution in [1.82, 2.24) is 17.5 Å². The van der Waals surface area contributed by atoms with Gasteiger partial charge in [-0.1, -0.05) is 207 Å². The molecule has 0 saturated heterocycles. The molecule has 0 aliphatic heterocycles. The first-order valence-electron chi connectivity index (χ1n) is 32.7. The van der Waals surface area contributed by atoms with Crippen molar-refractivity contribution in [3.63, 3.8) is 0 Å². The summed E-state index contributed by atoms with van der Waals surface area (Å²) in [5.41, 5.74) is 13.8. The van der Waals surface area contributed by atoms with E-state index in [4.69, 9.17) is 27.0 Å². The third kappa shape index (κ3) is 16.7. The number of unbranched alkanes of at least 4 members (excludes halogenated alkanes) is 28. The van der Waals surface area contributed by atoms with Crippen molar-refractivity contribution < 1.29 is 9.47 Å². The summed E-state index contributed by atoms with van der Waals surface area (Å²) >= 11 is 8.51. The van der Waals surface area contributed by atoms with Gasteiger partial charge in [0, 0.05) is 56.7 Å². The van der Waals surface area contributed by atoms with Crippen LogP contribution in [0.5, 0.6) is 11.5 Å². The molecule has 6 nitrogen and oxygen atoms in total. The van der Waals surface area contributed by atoms with Crippen LogP contribution in [0.3, 0.4) is 0 Å². The zero-order valence-corrected chi connectivity index (χ0v) is 55.5. The lowest BCUT2D eigenvalue weighted by Crippen LogP contribution is -2.03. The first-order chi connectivity index (χ1) is 39.8. The van der Waals surface area contributed by atoms with E-state index < -0.39 is 0 Å². The van der Waals surface area contributed by atoms with E-state index in [0.717, 1.165) is 91.3 Å². The maximum Gasteiger partial charge on any atom is 0.133 e. The number of aryl methyl sites for hydroxylation is 4. The summed E-state index contributed by atoms with van der Waals surface area (Å²) in [6.45, 7) is 19.6. The Bertz CT molecular complexity index is 3070. The molecule has 81 heavy (non-hydrogen) atoms. The van der Waals surface area contributed by atoms with E-state index in [-0.39, 0.29) is 0 Å². The molecule has 0 unspecified atom stereocenters. The lowest BCUT2D eigenvalue weighted by atomic mass is 9.93. The van der Waals surface area contributed by atoms with Crippen molar-refractivity contribution in [3.05, 3.63) is 57.0 Å². The zero-order valence-electron chi connectivity index (χ0n) is 51.4. The molecule has 0 aliphatic carbocycles. The van der Waals surface area contributed by atoms with Crippen LogP contribution in [0.1, 0.15) is 266 Å². The van der Waals surface area contributed by atoms with Crippen molar-refractivity contribution in [2.24, 2.45) is 0 Å². The average molecular weight is 1190 g/mol. The van der Waals surface area contributed by atoms with Gasteiger partial charge >= 0.3 is 0 Å². The van der Waals surface area contributed by atoms with E-state index in [2.05, 4.69) is 79.7 Å². The third-order valence-electron chi connectivity index (χ3n) is 17.2. The number of nitrogens with zero attached hydrogens (tertiary/aromatic N) is 4. The molecule has 0 N–H and O–H groups in total. The Labute approximate surface area is 509 Å². The monoisotopic (exact) mass is 1190 g/mol.